The first-order chi connectivity index (χ1) is 10.3. The fourth-order valence-electron chi connectivity index (χ4n) is 4.21. The Morgan fingerprint density at radius 2 is 1.57 bits per heavy atom. The molecule has 3 rings (SSSR count). The van der Waals surface area contributed by atoms with Gasteiger partial charge in [-0.3, -0.25) is 9.69 Å². The number of carbonyl (C=O) groups is 1. The van der Waals surface area contributed by atoms with Crippen LogP contribution in [0.1, 0.15) is 44.9 Å². The van der Waals surface area contributed by atoms with E-state index < -0.39 is 0 Å². The zero-order valence-corrected chi connectivity index (χ0v) is 13.4. The standard InChI is InChI=1S/C17H31N3O/c21-17(16-6-8-18-9-7-16)20-12-10-19(11-13-20)14-15-4-2-1-3-5-15/h15-16,18H,1-14H2. The Balaban J connectivity index is 1.40. The quantitative estimate of drug-likeness (QED) is 0.860. The van der Waals surface area contributed by atoms with Crippen LogP contribution in [0.4, 0.5) is 0 Å². The summed E-state index contributed by atoms with van der Waals surface area (Å²) in [5.41, 5.74) is 0. The summed E-state index contributed by atoms with van der Waals surface area (Å²) in [6.07, 6.45) is 9.21. The summed E-state index contributed by atoms with van der Waals surface area (Å²) in [6.45, 7) is 7.39. The molecule has 1 N–H and O–H groups in total. The lowest BCUT2D eigenvalue weighted by molar-refractivity contribution is -0.138. The number of carbonyl (C=O) groups excluding carboxylic acids is 1. The van der Waals surface area contributed by atoms with Gasteiger partial charge < -0.3 is 10.2 Å². The van der Waals surface area contributed by atoms with Gasteiger partial charge in [-0.2, -0.15) is 0 Å². The topological polar surface area (TPSA) is 35.6 Å². The Morgan fingerprint density at radius 3 is 2.24 bits per heavy atom. The number of hydrogen-bond acceptors (Lipinski definition) is 3. The van der Waals surface area contributed by atoms with Gasteiger partial charge in [-0.05, 0) is 44.7 Å². The smallest absolute Gasteiger partial charge is 0.225 e. The molecule has 3 fully saturated rings. The minimum Gasteiger partial charge on any atom is -0.340 e. The molecule has 4 nitrogen and oxygen atoms in total. The van der Waals surface area contributed by atoms with E-state index in [9.17, 15) is 4.79 Å². The van der Waals surface area contributed by atoms with Crippen molar-refractivity contribution in [2.24, 2.45) is 11.8 Å². The third kappa shape index (κ3) is 4.19. The minimum absolute atomic E-state index is 0.288. The van der Waals surface area contributed by atoms with Crippen LogP contribution in [-0.4, -0.2) is 61.5 Å². The molecule has 0 aromatic rings. The first kappa shape index (κ1) is 15.3. The molecule has 2 heterocycles. The molecule has 0 aromatic carbocycles. The van der Waals surface area contributed by atoms with Crippen molar-refractivity contribution in [3.8, 4) is 0 Å². The van der Waals surface area contributed by atoms with Gasteiger partial charge in [0.2, 0.25) is 5.91 Å². The average molecular weight is 293 g/mol. The fraction of sp³-hybridized carbons (Fsp3) is 0.941. The second-order valence-electron chi connectivity index (χ2n) is 7.15. The van der Waals surface area contributed by atoms with E-state index in [0.29, 0.717) is 5.91 Å². The van der Waals surface area contributed by atoms with E-state index in [1.54, 1.807) is 0 Å². The molecule has 0 unspecified atom stereocenters. The maximum Gasteiger partial charge on any atom is 0.225 e. The monoisotopic (exact) mass is 293 g/mol. The van der Waals surface area contributed by atoms with Crippen LogP contribution < -0.4 is 5.32 Å². The van der Waals surface area contributed by atoms with Crippen LogP contribution in [0.3, 0.4) is 0 Å². The predicted octanol–water partition coefficient (Wildman–Crippen LogP) is 1.71. The van der Waals surface area contributed by atoms with Gasteiger partial charge in [0, 0.05) is 38.6 Å². The minimum atomic E-state index is 0.288. The molecule has 2 saturated heterocycles. The average Bonchev–Trinajstić information content (AvgIpc) is 2.57. The zero-order chi connectivity index (χ0) is 14.5. The van der Waals surface area contributed by atoms with Gasteiger partial charge in [0.05, 0.1) is 0 Å². The van der Waals surface area contributed by atoms with E-state index in [2.05, 4.69) is 15.1 Å². The van der Waals surface area contributed by atoms with Crippen LogP contribution in [0, 0.1) is 11.8 Å². The SMILES string of the molecule is O=C(C1CCNCC1)N1CCN(CC2CCCCC2)CC1. The first-order valence-electron chi connectivity index (χ1n) is 9.05. The van der Waals surface area contributed by atoms with E-state index >= 15 is 0 Å². The van der Waals surface area contributed by atoms with Crippen LogP contribution in [0.5, 0.6) is 0 Å². The number of nitrogens with zero attached hydrogens (tertiary/aromatic N) is 2. The number of piperidine rings is 1. The summed E-state index contributed by atoms with van der Waals surface area (Å²) in [4.78, 5) is 17.3. The molecule has 120 valence electrons. The Hall–Kier alpha value is -0.610. The van der Waals surface area contributed by atoms with Gasteiger partial charge in [-0.1, -0.05) is 19.3 Å². The van der Waals surface area contributed by atoms with Crippen LogP contribution in [0.2, 0.25) is 0 Å². The molecule has 2 aliphatic heterocycles. The maximum atomic E-state index is 12.5. The fourth-order valence-corrected chi connectivity index (χ4v) is 4.21. The molecule has 3 aliphatic rings. The number of nitrogens with one attached hydrogen (secondary N) is 1. The number of amides is 1. The van der Waals surface area contributed by atoms with Crippen molar-refractivity contribution in [2.75, 3.05) is 45.8 Å². The van der Waals surface area contributed by atoms with Crippen molar-refractivity contribution in [1.82, 2.24) is 15.1 Å². The van der Waals surface area contributed by atoms with Gasteiger partial charge in [0.15, 0.2) is 0 Å². The molecule has 0 aromatic heterocycles. The third-order valence-corrected chi connectivity index (χ3v) is 5.61. The maximum absolute atomic E-state index is 12.5. The number of hydrogen-bond donors (Lipinski definition) is 1. The molecule has 0 radical (unpaired) electrons. The molecular weight excluding hydrogens is 262 g/mol. The van der Waals surface area contributed by atoms with E-state index in [0.717, 1.165) is 58.0 Å². The van der Waals surface area contributed by atoms with Crippen molar-refractivity contribution in [3.63, 3.8) is 0 Å². The normalized spacial score (nSPS) is 27.0. The third-order valence-electron chi connectivity index (χ3n) is 5.61. The van der Waals surface area contributed by atoms with Crippen LogP contribution >= 0.6 is 0 Å². The summed E-state index contributed by atoms with van der Waals surface area (Å²) >= 11 is 0. The van der Waals surface area contributed by atoms with Crippen LogP contribution in [-0.2, 0) is 4.79 Å². The highest BCUT2D eigenvalue weighted by molar-refractivity contribution is 5.79. The second kappa shape index (κ2) is 7.59. The van der Waals surface area contributed by atoms with Gasteiger partial charge >= 0.3 is 0 Å². The van der Waals surface area contributed by atoms with Gasteiger partial charge in [0.1, 0.15) is 0 Å². The van der Waals surface area contributed by atoms with Crippen LogP contribution in [0.15, 0.2) is 0 Å². The Labute approximate surface area is 129 Å². The summed E-state index contributed by atoms with van der Waals surface area (Å²) < 4.78 is 0. The Morgan fingerprint density at radius 1 is 0.905 bits per heavy atom. The molecule has 0 atom stereocenters. The molecule has 1 aliphatic carbocycles. The van der Waals surface area contributed by atoms with Crippen molar-refractivity contribution in [2.45, 2.75) is 44.9 Å². The van der Waals surface area contributed by atoms with E-state index in [-0.39, 0.29) is 5.92 Å². The van der Waals surface area contributed by atoms with Crippen molar-refractivity contribution < 1.29 is 4.79 Å². The van der Waals surface area contributed by atoms with Gasteiger partial charge in [0.25, 0.3) is 0 Å². The van der Waals surface area contributed by atoms with E-state index in [4.69, 9.17) is 0 Å². The van der Waals surface area contributed by atoms with Crippen molar-refractivity contribution in [1.29, 1.82) is 0 Å². The summed E-state index contributed by atoms with van der Waals surface area (Å²) in [6, 6.07) is 0. The Bertz CT molecular complexity index is 327. The number of rotatable bonds is 3. The predicted molar refractivity (Wildman–Crippen MR) is 85.2 cm³/mol. The van der Waals surface area contributed by atoms with Gasteiger partial charge in [-0.25, -0.2) is 0 Å². The van der Waals surface area contributed by atoms with Crippen molar-refractivity contribution in [3.05, 3.63) is 0 Å². The largest absolute Gasteiger partial charge is 0.340 e. The molecule has 1 amide bonds. The van der Waals surface area contributed by atoms with Crippen molar-refractivity contribution >= 4 is 5.91 Å². The summed E-state index contributed by atoms with van der Waals surface area (Å²) in [5, 5.41) is 3.35. The van der Waals surface area contributed by atoms with Crippen LogP contribution in [0.25, 0.3) is 0 Å². The first-order valence-corrected chi connectivity index (χ1v) is 9.05. The summed E-state index contributed by atoms with van der Waals surface area (Å²) in [5.74, 6) is 1.63. The molecule has 21 heavy (non-hydrogen) atoms. The Kier molecular flexibility index (Phi) is 5.53. The number of piperazine rings is 1. The van der Waals surface area contributed by atoms with E-state index in [1.807, 2.05) is 0 Å². The lowest BCUT2D eigenvalue weighted by Gasteiger charge is -2.39. The molecule has 0 bridgehead atoms. The summed E-state index contributed by atoms with van der Waals surface area (Å²) in [7, 11) is 0. The van der Waals surface area contributed by atoms with Gasteiger partial charge in [-0.15, -0.1) is 0 Å². The molecule has 0 spiro atoms. The van der Waals surface area contributed by atoms with E-state index in [1.165, 1.54) is 38.6 Å². The molecule has 1 saturated carbocycles. The lowest BCUT2D eigenvalue weighted by atomic mass is 9.89. The highest BCUT2D eigenvalue weighted by Gasteiger charge is 2.29. The molecule has 4 heteroatoms. The molecular formula is C17H31N3O. The lowest BCUT2D eigenvalue weighted by Crippen LogP contribution is -2.52. The second-order valence-corrected chi connectivity index (χ2v) is 7.15. The highest BCUT2D eigenvalue weighted by Crippen LogP contribution is 2.25. The highest BCUT2D eigenvalue weighted by atomic mass is 16.2. The zero-order valence-electron chi connectivity index (χ0n) is 13.4.